The summed E-state index contributed by atoms with van der Waals surface area (Å²) in [4.78, 5) is 26.0. The number of oxazole rings is 1. The Kier molecular flexibility index (Phi) is 5.21. The van der Waals surface area contributed by atoms with Crippen molar-refractivity contribution >= 4 is 22.6 Å². The number of methoxy groups -OCH3 is 1. The summed E-state index contributed by atoms with van der Waals surface area (Å²) in [7, 11) is 1.64. The molecule has 2 aromatic carbocycles. The molecule has 1 aliphatic rings. The van der Waals surface area contributed by atoms with Crippen molar-refractivity contribution in [1.82, 2.24) is 4.57 Å². The Morgan fingerprint density at radius 3 is 2.54 bits per heavy atom. The highest BCUT2D eigenvalue weighted by Crippen LogP contribution is 2.43. The van der Waals surface area contributed by atoms with E-state index < -0.39 is 5.76 Å². The summed E-state index contributed by atoms with van der Waals surface area (Å²) in [6, 6.07) is 17.8. The summed E-state index contributed by atoms with van der Waals surface area (Å²) in [5.41, 5.74) is 2.13. The van der Waals surface area contributed by atoms with Gasteiger partial charge >= 0.3 is 5.76 Å². The number of aromatic nitrogens is 1. The zero-order valence-electron chi connectivity index (χ0n) is 15.3. The van der Waals surface area contributed by atoms with Gasteiger partial charge in [-0.05, 0) is 23.3 Å². The number of rotatable bonds is 4. The van der Waals surface area contributed by atoms with Crippen LogP contribution >= 0.6 is 11.8 Å². The average Bonchev–Trinajstić information content (AvgIpc) is 3.19. The van der Waals surface area contributed by atoms with Crippen LogP contribution < -0.4 is 10.5 Å². The maximum absolute atomic E-state index is 13.0. The molecular weight excluding hydrogens is 374 g/mol. The van der Waals surface area contributed by atoms with E-state index in [9.17, 15) is 9.59 Å². The van der Waals surface area contributed by atoms with Crippen LogP contribution in [0.25, 0.3) is 4.91 Å². The Hall–Kier alpha value is -2.99. The van der Waals surface area contributed by atoms with Crippen molar-refractivity contribution in [3.63, 3.8) is 0 Å². The molecule has 0 spiro atoms. The van der Waals surface area contributed by atoms with Gasteiger partial charge in [0.2, 0.25) is 5.91 Å². The molecule has 1 aromatic heterocycles. The monoisotopic (exact) mass is 393 g/mol. The van der Waals surface area contributed by atoms with Gasteiger partial charge in [0.1, 0.15) is 12.0 Å². The number of thioether (sulfide) groups is 1. The van der Waals surface area contributed by atoms with Gasteiger partial charge in [-0.2, -0.15) is 0 Å². The quantitative estimate of drug-likeness (QED) is 0.662. The van der Waals surface area contributed by atoms with Crippen LogP contribution in [-0.2, 0) is 0 Å². The summed E-state index contributed by atoms with van der Waals surface area (Å²) < 4.78 is 11.1. The van der Waals surface area contributed by atoms with E-state index in [4.69, 9.17) is 9.15 Å². The van der Waals surface area contributed by atoms with Crippen LogP contribution in [-0.4, -0.2) is 23.3 Å². The van der Waals surface area contributed by atoms with Crippen molar-refractivity contribution in [2.45, 2.75) is 5.92 Å². The Bertz CT molecular complexity index is 1050. The highest BCUT2D eigenvalue weighted by Gasteiger charge is 2.34. The van der Waals surface area contributed by atoms with E-state index in [0.29, 0.717) is 5.75 Å². The van der Waals surface area contributed by atoms with E-state index in [1.807, 2.05) is 54.6 Å². The molecule has 2 atom stereocenters. The molecule has 0 unspecified atom stereocenters. The number of carbonyl (C=O) groups excluding carboxylic acids is 1. The van der Waals surface area contributed by atoms with Crippen molar-refractivity contribution in [2.24, 2.45) is 5.92 Å². The molecule has 4 rings (SSSR count). The van der Waals surface area contributed by atoms with Crippen LogP contribution in [0.2, 0.25) is 0 Å². The molecule has 2 heterocycles. The van der Waals surface area contributed by atoms with Gasteiger partial charge in [0.15, 0.2) is 0 Å². The number of hydrogen-bond acceptors (Lipinski definition) is 5. The molecule has 142 valence electrons. The molecule has 3 aromatic rings. The molecule has 0 saturated heterocycles. The zero-order chi connectivity index (χ0) is 19.5. The summed E-state index contributed by atoms with van der Waals surface area (Å²) >= 11 is 1.62. The first kappa shape index (κ1) is 18.4. The van der Waals surface area contributed by atoms with Gasteiger partial charge in [-0.1, -0.05) is 48.5 Å². The van der Waals surface area contributed by atoms with Gasteiger partial charge < -0.3 is 9.15 Å². The second-order valence-corrected chi connectivity index (χ2v) is 7.55. The van der Waals surface area contributed by atoms with E-state index in [0.717, 1.165) is 26.3 Å². The Labute approximate surface area is 166 Å². The fraction of sp³-hybridized carbons (Fsp3) is 0.182. The maximum atomic E-state index is 13.0. The third-order valence-corrected chi connectivity index (χ3v) is 6.08. The highest BCUT2D eigenvalue weighted by atomic mass is 32.2. The predicted octanol–water partition coefficient (Wildman–Crippen LogP) is 4.28. The molecule has 1 aliphatic heterocycles. The van der Waals surface area contributed by atoms with Gasteiger partial charge in [-0.3, -0.25) is 4.79 Å². The molecule has 0 amide bonds. The minimum Gasteiger partial charge on any atom is -0.497 e. The van der Waals surface area contributed by atoms with Crippen LogP contribution in [0, 0.1) is 5.92 Å². The number of hydrogen-bond donors (Lipinski definition) is 0. The van der Waals surface area contributed by atoms with E-state index in [-0.39, 0.29) is 17.7 Å². The first-order chi connectivity index (χ1) is 13.7. The van der Waals surface area contributed by atoms with Crippen LogP contribution in [0.4, 0.5) is 0 Å². The molecule has 0 aliphatic carbocycles. The Morgan fingerprint density at radius 1 is 1.14 bits per heavy atom. The minimum absolute atomic E-state index is 0.131. The Balaban J connectivity index is 1.72. The molecule has 6 heteroatoms. The van der Waals surface area contributed by atoms with Crippen LogP contribution in [0.3, 0.4) is 0 Å². The number of allylic oxidation sites excluding steroid dienone is 1. The lowest BCUT2D eigenvalue weighted by atomic mass is 9.85. The summed E-state index contributed by atoms with van der Waals surface area (Å²) in [6.45, 7) is 0. The fourth-order valence-corrected chi connectivity index (χ4v) is 4.64. The van der Waals surface area contributed by atoms with Gasteiger partial charge in [0.25, 0.3) is 0 Å². The van der Waals surface area contributed by atoms with Crippen molar-refractivity contribution in [1.29, 1.82) is 0 Å². The van der Waals surface area contributed by atoms with Gasteiger partial charge in [0.05, 0.1) is 19.2 Å². The molecule has 0 N–H and O–H groups in total. The highest BCUT2D eigenvalue weighted by molar-refractivity contribution is 8.08. The van der Waals surface area contributed by atoms with E-state index in [1.54, 1.807) is 18.9 Å². The van der Waals surface area contributed by atoms with Gasteiger partial charge in [0, 0.05) is 16.6 Å². The van der Waals surface area contributed by atoms with E-state index in [2.05, 4.69) is 6.08 Å². The van der Waals surface area contributed by atoms with Crippen molar-refractivity contribution in [3.05, 3.63) is 94.8 Å². The van der Waals surface area contributed by atoms with Gasteiger partial charge in [-0.15, -0.1) is 11.8 Å². The van der Waals surface area contributed by atoms with Crippen molar-refractivity contribution in [3.8, 4) is 5.75 Å². The normalized spacial score (nSPS) is 19.1. The largest absolute Gasteiger partial charge is 0.497 e. The zero-order valence-corrected chi connectivity index (χ0v) is 16.1. The summed E-state index contributed by atoms with van der Waals surface area (Å²) in [5.74, 6) is 0.000946. The van der Waals surface area contributed by atoms with Crippen molar-refractivity contribution in [2.75, 3.05) is 12.9 Å². The number of benzene rings is 2. The second-order valence-electron chi connectivity index (χ2n) is 6.49. The van der Waals surface area contributed by atoms with E-state index >= 15 is 0 Å². The van der Waals surface area contributed by atoms with Gasteiger partial charge in [-0.25, -0.2) is 9.36 Å². The molecule has 0 saturated carbocycles. The molecular formula is C22H19NO4S. The lowest BCUT2D eigenvalue weighted by Gasteiger charge is -2.29. The number of ether oxygens (including phenoxy) is 1. The minimum atomic E-state index is -0.647. The molecule has 0 bridgehead atoms. The topological polar surface area (TPSA) is 61.4 Å². The second kappa shape index (κ2) is 7.94. The van der Waals surface area contributed by atoms with Crippen LogP contribution in [0.15, 0.2) is 82.3 Å². The standard InChI is InChI=1S/C22H19NO4S/c1-26-17-9-7-16(8-10-17)20-13-18(15-5-3-2-4-6-15)19(14-28-20)21(24)23-11-12-27-22(23)25/h2-13,18-19H,14H2,1H3/t18-,19-/m0/s1. The number of nitrogens with zero attached hydrogens (tertiary/aromatic N) is 1. The molecule has 5 nitrogen and oxygen atoms in total. The molecule has 28 heavy (non-hydrogen) atoms. The number of carbonyl (C=O) groups is 1. The molecule has 0 fully saturated rings. The SMILES string of the molecule is COc1ccc(C2=C[C@@H](c3ccccc3)[C@@H](C(=O)n3ccoc3=O)CS2)cc1. The van der Waals surface area contributed by atoms with Crippen LogP contribution in [0.5, 0.6) is 5.75 Å². The van der Waals surface area contributed by atoms with Crippen molar-refractivity contribution < 1.29 is 13.9 Å². The third kappa shape index (κ3) is 3.55. The summed E-state index contributed by atoms with van der Waals surface area (Å²) in [6.07, 6.45) is 4.76. The summed E-state index contributed by atoms with van der Waals surface area (Å²) in [5, 5.41) is 0. The molecule has 0 radical (unpaired) electrons. The van der Waals surface area contributed by atoms with E-state index in [1.165, 1.54) is 12.5 Å². The maximum Gasteiger partial charge on any atom is 0.425 e. The first-order valence-corrected chi connectivity index (χ1v) is 9.90. The average molecular weight is 393 g/mol. The van der Waals surface area contributed by atoms with Crippen LogP contribution in [0.1, 0.15) is 21.8 Å². The lowest BCUT2D eigenvalue weighted by molar-refractivity contribution is 0.0829. The fourth-order valence-electron chi connectivity index (χ4n) is 3.38. The lowest BCUT2D eigenvalue weighted by Crippen LogP contribution is -2.34. The predicted molar refractivity (Wildman–Crippen MR) is 110 cm³/mol. The third-order valence-electron chi connectivity index (χ3n) is 4.87. The Morgan fingerprint density at radius 2 is 1.89 bits per heavy atom. The smallest absolute Gasteiger partial charge is 0.425 e. The first-order valence-electron chi connectivity index (χ1n) is 8.91.